The van der Waals surface area contributed by atoms with Crippen molar-refractivity contribution in [3.63, 3.8) is 0 Å². The van der Waals surface area contributed by atoms with Crippen LogP contribution in [0.25, 0.3) is 0 Å². The molecule has 2 unspecified atom stereocenters. The molecular formula is C27H38ClN3O4S. The van der Waals surface area contributed by atoms with E-state index in [-0.39, 0.29) is 30.8 Å². The van der Waals surface area contributed by atoms with E-state index < -0.39 is 16.1 Å². The Morgan fingerprint density at radius 2 is 1.75 bits per heavy atom. The van der Waals surface area contributed by atoms with Gasteiger partial charge >= 0.3 is 0 Å². The molecule has 2 aromatic carbocycles. The van der Waals surface area contributed by atoms with Crippen LogP contribution in [-0.2, 0) is 26.2 Å². The molecule has 0 aromatic heterocycles. The molecule has 2 amide bonds. The van der Waals surface area contributed by atoms with Gasteiger partial charge in [-0.25, -0.2) is 8.42 Å². The standard InChI is InChI=1S/C27H38ClN3O4S/c1-6-21(4)29-27(33)25(7-2)30(19-22-12-8-11-20(3)17-22)26(32)15-10-16-31(36(5,34)35)24-14-9-13-23(28)18-24/h8-9,11-14,17-18,21,25H,6-7,10,15-16,19H2,1-5H3,(H,29,33). The smallest absolute Gasteiger partial charge is 0.243 e. The highest BCUT2D eigenvalue weighted by molar-refractivity contribution is 7.92. The van der Waals surface area contributed by atoms with E-state index in [1.54, 1.807) is 29.2 Å². The molecule has 9 heteroatoms. The van der Waals surface area contributed by atoms with Gasteiger partial charge in [-0.05, 0) is 56.9 Å². The molecule has 2 rings (SSSR count). The number of nitrogens with zero attached hydrogens (tertiary/aromatic N) is 2. The van der Waals surface area contributed by atoms with E-state index in [2.05, 4.69) is 5.32 Å². The van der Waals surface area contributed by atoms with E-state index in [9.17, 15) is 18.0 Å². The third-order valence-corrected chi connectivity index (χ3v) is 7.50. The molecule has 0 aliphatic heterocycles. The van der Waals surface area contributed by atoms with Gasteiger partial charge in [0.15, 0.2) is 0 Å². The Morgan fingerprint density at radius 1 is 1.06 bits per heavy atom. The van der Waals surface area contributed by atoms with Crippen LogP contribution in [0.5, 0.6) is 0 Å². The molecule has 0 heterocycles. The molecule has 0 bridgehead atoms. The van der Waals surface area contributed by atoms with Gasteiger partial charge in [-0.3, -0.25) is 13.9 Å². The average Bonchev–Trinajstić information content (AvgIpc) is 2.80. The van der Waals surface area contributed by atoms with Crippen molar-refractivity contribution >= 4 is 39.1 Å². The number of hydrogen-bond donors (Lipinski definition) is 1. The van der Waals surface area contributed by atoms with Gasteiger partial charge in [0, 0.05) is 30.6 Å². The Kier molecular flexibility index (Phi) is 11.2. The number of benzene rings is 2. The van der Waals surface area contributed by atoms with Crippen LogP contribution in [-0.4, -0.2) is 50.0 Å². The van der Waals surface area contributed by atoms with Gasteiger partial charge in [-0.15, -0.1) is 0 Å². The normalized spacial score (nSPS) is 13.1. The molecule has 0 saturated heterocycles. The zero-order chi connectivity index (χ0) is 26.9. The first kappa shape index (κ1) is 29.6. The number of hydrogen-bond acceptors (Lipinski definition) is 4. The van der Waals surface area contributed by atoms with Gasteiger partial charge < -0.3 is 10.2 Å². The Hall–Kier alpha value is -2.58. The Balaban J connectivity index is 2.23. The highest BCUT2D eigenvalue weighted by atomic mass is 35.5. The van der Waals surface area contributed by atoms with Crippen molar-refractivity contribution in [3.05, 3.63) is 64.7 Å². The summed E-state index contributed by atoms with van der Waals surface area (Å²) in [6.07, 6.45) is 2.79. The molecule has 36 heavy (non-hydrogen) atoms. The van der Waals surface area contributed by atoms with Gasteiger partial charge in [0.25, 0.3) is 0 Å². The summed E-state index contributed by atoms with van der Waals surface area (Å²) in [4.78, 5) is 28.2. The monoisotopic (exact) mass is 535 g/mol. The second-order valence-electron chi connectivity index (χ2n) is 9.17. The second-order valence-corrected chi connectivity index (χ2v) is 11.5. The van der Waals surface area contributed by atoms with Crippen LogP contribution in [0.1, 0.15) is 57.6 Å². The number of halogens is 1. The number of carbonyl (C=O) groups is 2. The van der Waals surface area contributed by atoms with Gasteiger partial charge in [0.05, 0.1) is 11.9 Å². The average molecular weight is 536 g/mol. The number of nitrogens with one attached hydrogen (secondary N) is 1. The summed E-state index contributed by atoms with van der Waals surface area (Å²) in [7, 11) is -3.57. The van der Waals surface area contributed by atoms with Gasteiger partial charge in [0.2, 0.25) is 21.8 Å². The van der Waals surface area contributed by atoms with Crippen LogP contribution in [0.2, 0.25) is 5.02 Å². The zero-order valence-corrected chi connectivity index (χ0v) is 23.4. The first-order chi connectivity index (χ1) is 17.0. The maximum atomic E-state index is 13.5. The molecule has 0 fully saturated rings. The van der Waals surface area contributed by atoms with Gasteiger partial charge in [-0.2, -0.15) is 0 Å². The zero-order valence-electron chi connectivity index (χ0n) is 21.8. The molecule has 2 aromatic rings. The molecule has 0 spiro atoms. The van der Waals surface area contributed by atoms with Gasteiger partial charge in [0.1, 0.15) is 6.04 Å². The summed E-state index contributed by atoms with van der Waals surface area (Å²) in [6.45, 7) is 8.23. The van der Waals surface area contributed by atoms with Crippen molar-refractivity contribution in [1.82, 2.24) is 10.2 Å². The fraction of sp³-hybridized carbons (Fsp3) is 0.481. The molecule has 0 aliphatic rings. The van der Waals surface area contributed by atoms with E-state index >= 15 is 0 Å². The number of sulfonamides is 1. The number of rotatable bonds is 13. The van der Waals surface area contributed by atoms with Crippen molar-refractivity contribution in [2.24, 2.45) is 0 Å². The largest absolute Gasteiger partial charge is 0.352 e. The van der Waals surface area contributed by atoms with E-state index in [0.717, 1.165) is 23.8 Å². The van der Waals surface area contributed by atoms with E-state index in [4.69, 9.17) is 11.6 Å². The first-order valence-electron chi connectivity index (χ1n) is 12.3. The minimum absolute atomic E-state index is 0.00323. The second kappa shape index (κ2) is 13.7. The lowest BCUT2D eigenvalue weighted by molar-refractivity contribution is -0.141. The number of aryl methyl sites for hydroxylation is 1. The van der Waals surface area contributed by atoms with Crippen molar-refractivity contribution in [2.75, 3.05) is 17.1 Å². The molecule has 0 saturated carbocycles. The van der Waals surface area contributed by atoms with Crippen LogP contribution < -0.4 is 9.62 Å². The van der Waals surface area contributed by atoms with Crippen LogP contribution >= 0.6 is 11.6 Å². The topological polar surface area (TPSA) is 86.8 Å². The SMILES string of the molecule is CCC(C)NC(=O)C(CC)N(Cc1cccc(C)c1)C(=O)CCCN(c1cccc(Cl)c1)S(C)(=O)=O. The summed E-state index contributed by atoms with van der Waals surface area (Å²) in [5.74, 6) is -0.369. The molecule has 1 N–H and O–H groups in total. The summed E-state index contributed by atoms with van der Waals surface area (Å²) in [5.41, 5.74) is 2.46. The molecule has 198 valence electrons. The minimum atomic E-state index is -3.57. The molecule has 7 nitrogen and oxygen atoms in total. The predicted molar refractivity (Wildman–Crippen MR) is 147 cm³/mol. The third-order valence-electron chi connectivity index (χ3n) is 6.07. The quantitative estimate of drug-likeness (QED) is 0.394. The van der Waals surface area contributed by atoms with E-state index in [1.807, 2.05) is 52.0 Å². The Labute approximate surface area is 220 Å². The third kappa shape index (κ3) is 8.82. The maximum absolute atomic E-state index is 13.5. The highest BCUT2D eigenvalue weighted by Gasteiger charge is 2.29. The lowest BCUT2D eigenvalue weighted by atomic mass is 10.1. The minimum Gasteiger partial charge on any atom is -0.352 e. The van der Waals surface area contributed by atoms with Gasteiger partial charge in [-0.1, -0.05) is 61.3 Å². The van der Waals surface area contributed by atoms with Crippen LogP contribution in [0.4, 0.5) is 5.69 Å². The lowest BCUT2D eigenvalue weighted by Crippen LogP contribution is -2.50. The Bertz CT molecular complexity index is 1140. The number of anilines is 1. The molecule has 2 atom stereocenters. The molecular weight excluding hydrogens is 498 g/mol. The lowest BCUT2D eigenvalue weighted by Gasteiger charge is -2.32. The fourth-order valence-electron chi connectivity index (χ4n) is 4.00. The van der Waals surface area contributed by atoms with Crippen molar-refractivity contribution < 1.29 is 18.0 Å². The van der Waals surface area contributed by atoms with Crippen LogP contribution in [0.15, 0.2) is 48.5 Å². The predicted octanol–water partition coefficient (Wildman–Crippen LogP) is 4.92. The first-order valence-corrected chi connectivity index (χ1v) is 14.6. The highest BCUT2D eigenvalue weighted by Crippen LogP contribution is 2.23. The fourth-order valence-corrected chi connectivity index (χ4v) is 5.14. The summed E-state index contributed by atoms with van der Waals surface area (Å²) < 4.78 is 26.1. The van der Waals surface area contributed by atoms with Crippen LogP contribution in [0.3, 0.4) is 0 Å². The van der Waals surface area contributed by atoms with E-state index in [0.29, 0.717) is 30.1 Å². The summed E-state index contributed by atoms with van der Waals surface area (Å²) >= 11 is 6.06. The van der Waals surface area contributed by atoms with Crippen LogP contribution in [0, 0.1) is 6.92 Å². The Morgan fingerprint density at radius 3 is 2.33 bits per heavy atom. The summed E-state index contributed by atoms with van der Waals surface area (Å²) in [5, 5.41) is 3.43. The summed E-state index contributed by atoms with van der Waals surface area (Å²) in [6, 6.07) is 13.9. The van der Waals surface area contributed by atoms with Crippen molar-refractivity contribution in [1.29, 1.82) is 0 Å². The van der Waals surface area contributed by atoms with E-state index in [1.165, 1.54) is 4.31 Å². The van der Waals surface area contributed by atoms with Crippen molar-refractivity contribution in [3.8, 4) is 0 Å². The van der Waals surface area contributed by atoms with Crippen molar-refractivity contribution in [2.45, 2.75) is 72.0 Å². The molecule has 0 radical (unpaired) electrons. The number of amides is 2. The number of carbonyl (C=O) groups excluding carboxylic acids is 2. The maximum Gasteiger partial charge on any atom is 0.243 e. The molecule has 0 aliphatic carbocycles.